The summed E-state index contributed by atoms with van der Waals surface area (Å²) in [7, 11) is 0. The van der Waals surface area contributed by atoms with Gasteiger partial charge in [-0.25, -0.2) is 4.98 Å². The lowest BCUT2D eigenvalue weighted by atomic mass is 10.2. The number of ether oxygens (including phenoxy) is 1. The van der Waals surface area contributed by atoms with E-state index >= 15 is 0 Å². The molecule has 0 bridgehead atoms. The zero-order valence-corrected chi connectivity index (χ0v) is 12.3. The summed E-state index contributed by atoms with van der Waals surface area (Å²) < 4.78 is 5.28. The molecule has 0 atom stereocenters. The first-order valence-electron chi connectivity index (χ1n) is 6.25. The van der Waals surface area contributed by atoms with Gasteiger partial charge in [0.1, 0.15) is 17.8 Å². The van der Waals surface area contributed by atoms with Crippen molar-refractivity contribution in [2.75, 3.05) is 11.9 Å². The van der Waals surface area contributed by atoms with Crippen molar-refractivity contribution in [1.82, 2.24) is 4.98 Å². The van der Waals surface area contributed by atoms with Crippen LogP contribution in [0.15, 0.2) is 36.5 Å². The summed E-state index contributed by atoms with van der Waals surface area (Å²) in [5.74, 6) is 0.170. The Labute approximate surface area is 131 Å². The monoisotopic (exact) mass is 321 g/mol. The van der Waals surface area contributed by atoms with Crippen LogP contribution in [-0.2, 0) is 4.79 Å². The highest BCUT2D eigenvalue weighted by atomic mass is 35.5. The minimum Gasteiger partial charge on any atom is -0.482 e. The summed E-state index contributed by atoms with van der Waals surface area (Å²) in [5, 5.41) is 13.6. The van der Waals surface area contributed by atoms with E-state index < -0.39 is 10.8 Å². The Hall–Kier alpha value is -2.67. The van der Waals surface area contributed by atoms with Crippen molar-refractivity contribution in [3.05, 3.63) is 57.2 Å². The van der Waals surface area contributed by atoms with Crippen LogP contribution in [0.1, 0.15) is 5.56 Å². The summed E-state index contributed by atoms with van der Waals surface area (Å²) in [5.41, 5.74) is 0.299. The average molecular weight is 322 g/mol. The Morgan fingerprint density at radius 1 is 1.45 bits per heavy atom. The fraction of sp³-hybridized carbons (Fsp3) is 0.143. The second kappa shape index (κ2) is 6.86. The average Bonchev–Trinajstić information content (AvgIpc) is 2.46. The van der Waals surface area contributed by atoms with Crippen molar-refractivity contribution in [2.45, 2.75) is 6.92 Å². The number of benzene rings is 1. The molecule has 0 saturated carbocycles. The number of anilines is 1. The minimum atomic E-state index is -0.533. The van der Waals surface area contributed by atoms with Crippen molar-refractivity contribution in [2.24, 2.45) is 0 Å². The van der Waals surface area contributed by atoms with Gasteiger partial charge in [0.15, 0.2) is 6.61 Å². The number of hydrogen-bond donors (Lipinski definition) is 1. The molecule has 0 unspecified atom stereocenters. The Bertz CT molecular complexity index is 721. The largest absolute Gasteiger partial charge is 0.482 e. The minimum absolute atomic E-state index is 0.106. The number of pyridine rings is 1. The number of carbonyl (C=O) groups excluding carboxylic acids is 1. The molecule has 0 saturated heterocycles. The first-order valence-corrected chi connectivity index (χ1v) is 6.63. The van der Waals surface area contributed by atoms with E-state index in [0.29, 0.717) is 16.3 Å². The SMILES string of the molecule is Cc1cc(NC(=O)COc2ccccc2Cl)ncc1[N+](=O)[O-]. The molecule has 1 amide bonds. The van der Waals surface area contributed by atoms with E-state index in [-0.39, 0.29) is 18.1 Å². The van der Waals surface area contributed by atoms with Crippen LogP contribution in [0.5, 0.6) is 5.75 Å². The van der Waals surface area contributed by atoms with Gasteiger partial charge in [-0.3, -0.25) is 14.9 Å². The number of halogens is 1. The van der Waals surface area contributed by atoms with Crippen LogP contribution >= 0.6 is 11.6 Å². The number of rotatable bonds is 5. The number of para-hydroxylation sites is 1. The van der Waals surface area contributed by atoms with Gasteiger partial charge < -0.3 is 10.1 Å². The molecule has 7 nitrogen and oxygen atoms in total. The molecular weight excluding hydrogens is 310 g/mol. The maximum atomic E-state index is 11.8. The predicted octanol–water partition coefficient (Wildman–Crippen LogP) is 2.97. The highest BCUT2D eigenvalue weighted by molar-refractivity contribution is 6.32. The van der Waals surface area contributed by atoms with E-state index in [2.05, 4.69) is 10.3 Å². The molecule has 114 valence electrons. The smallest absolute Gasteiger partial charge is 0.290 e. The molecule has 0 aliphatic rings. The predicted molar refractivity (Wildman–Crippen MR) is 81.2 cm³/mol. The number of carbonyl (C=O) groups is 1. The third-order valence-electron chi connectivity index (χ3n) is 2.74. The number of nitro groups is 1. The molecule has 2 aromatic rings. The van der Waals surface area contributed by atoms with Gasteiger partial charge in [0.25, 0.3) is 11.6 Å². The lowest BCUT2D eigenvalue weighted by molar-refractivity contribution is -0.385. The molecule has 1 heterocycles. The number of aromatic nitrogens is 1. The van der Waals surface area contributed by atoms with E-state index in [4.69, 9.17) is 16.3 Å². The summed E-state index contributed by atoms with van der Waals surface area (Å²) in [6, 6.07) is 8.20. The van der Waals surface area contributed by atoms with Crippen molar-refractivity contribution in [3.8, 4) is 5.75 Å². The Morgan fingerprint density at radius 3 is 2.82 bits per heavy atom. The van der Waals surface area contributed by atoms with Gasteiger partial charge in [-0.1, -0.05) is 23.7 Å². The van der Waals surface area contributed by atoms with Gasteiger partial charge in [-0.15, -0.1) is 0 Å². The molecule has 0 radical (unpaired) electrons. The number of amides is 1. The summed E-state index contributed by atoms with van der Waals surface area (Å²) in [6.07, 6.45) is 1.10. The molecule has 2 rings (SSSR count). The summed E-state index contributed by atoms with van der Waals surface area (Å²) in [4.78, 5) is 25.8. The molecule has 0 fully saturated rings. The van der Waals surface area contributed by atoms with Crippen molar-refractivity contribution in [1.29, 1.82) is 0 Å². The standard InChI is InChI=1S/C14H12ClN3O4/c1-9-6-13(16-7-11(9)18(20)21)17-14(19)8-22-12-5-3-2-4-10(12)15/h2-7H,8H2,1H3,(H,16,17,19). The van der Waals surface area contributed by atoms with E-state index in [1.54, 1.807) is 31.2 Å². The van der Waals surface area contributed by atoms with Crippen LogP contribution in [0.25, 0.3) is 0 Å². The number of aryl methyl sites for hydroxylation is 1. The summed E-state index contributed by atoms with van der Waals surface area (Å²) >= 11 is 5.90. The molecule has 8 heteroatoms. The molecule has 1 aromatic carbocycles. The van der Waals surface area contributed by atoms with Gasteiger partial charge in [0.05, 0.1) is 9.95 Å². The molecule has 0 spiro atoms. The quantitative estimate of drug-likeness (QED) is 0.674. The van der Waals surface area contributed by atoms with Crippen molar-refractivity contribution < 1.29 is 14.5 Å². The first kappa shape index (κ1) is 15.7. The van der Waals surface area contributed by atoms with Crippen LogP contribution in [-0.4, -0.2) is 22.4 Å². The van der Waals surface area contributed by atoms with Gasteiger partial charge in [0, 0.05) is 5.56 Å². The second-order valence-electron chi connectivity index (χ2n) is 4.38. The molecule has 22 heavy (non-hydrogen) atoms. The highest BCUT2D eigenvalue weighted by Crippen LogP contribution is 2.23. The first-order chi connectivity index (χ1) is 10.5. The molecule has 0 aliphatic heterocycles. The van der Waals surface area contributed by atoms with E-state index in [9.17, 15) is 14.9 Å². The lowest BCUT2D eigenvalue weighted by Gasteiger charge is -2.08. The van der Waals surface area contributed by atoms with Crippen LogP contribution in [0.3, 0.4) is 0 Å². The van der Waals surface area contributed by atoms with Crippen LogP contribution in [0, 0.1) is 17.0 Å². The van der Waals surface area contributed by atoms with Crippen LogP contribution in [0.2, 0.25) is 5.02 Å². The van der Waals surface area contributed by atoms with Gasteiger partial charge in [0.2, 0.25) is 0 Å². The Morgan fingerprint density at radius 2 is 2.18 bits per heavy atom. The number of hydrogen-bond acceptors (Lipinski definition) is 5. The topological polar surface area (TPSA) is 94.4 Å². The molecule has 1 aromatic heterocycles. The van der Waals surface area contributed by atoms with Crippen LogP contribution in [0.4, 0.5) is 11.5 Å². The van der Waals surface area contributed by atoms with E-state index in [1.807, 2.05) is 0 Å². The fourth-order valence-electron chi connectivity index (χ4n) is 1.69. The van der Waals surface area contributed by atoms with Gasteiger partial charge in [-0.05, 0) is 25.1 Å². The maximum Gasteiger partial charge on any atom is 0.290 e. The molecular formula is C14H12ClN3O4. The fourth-order valence-corrected chi connectivity index (χ4v) is 1.88. The Kier molecular flexibility index (Phi) is 4.90. The van der Waals surface area contributed by atoms with E-state index in [1.165, 1.54) is 6.07 Å². The second-order valence-corrected chi connectivity index (χ2v) is 4.79. The van der Waals surface area contributed by atoms with E-state index in [0.717, 1.165) is 6.20 Å². The normalized spacial score (nSPS) is 10.1. The summed E-state index contributed by atoms with van der Waals surface area (Å²) in [6.45, 7) is 1.32. The maximum absolute atomic E-state index is 11.8. The van der Waals surface area contributed by atoms with Crippen LogP contribution < -0.4 is 10.1 Å². The number of nitrogens with zero attached hydrogens (tertiary/aromatic N) is 2. The third kappa shape index (κ3) is 3.92. The highest BCUT2D eigenvalue weighted by Gasteiger charge is 2.13. The zero-order chi connectivity index (χ0) is 16.1. The third-order valence-corrected chi connectivity index (χ3v) is 3.06. The molecule has 0 aliphatic carbocycles. The number of nitrogens with one attached hydrogen (secondary N) is 1. The molecule has 1 N–H and O–H groups in total. The Balaban J connectivity index is 1.96. The van der Waals surface area contributed by atoms with Crippen molar-refractivity contribution in [3.63, 3.8) is 0 Å². The lowest BCUT2D eigenvalue weighted by Crippen LogP contribution is -2.21. The van der Waals surface area contributed by atoms with Crippen molar-refractivity contribution >= 4 is 29.0 Å². The van der Waals surface area contributed by atoms with Gasteiger partial charge in [-0.2, -0.15) is 0 Å². The zero-order valence-electron chi connectivity index (χ0n) is 11.6. The van der Waals surface area contributed by atoms with Gasteiger partial charge >= 0.3 is 0 Å².